The van der Waals surface area contributed by atoms with Gasteiger partial charge in [0.25, 0.3) is 0 Å². The van der Waals surface area contributed by atoms with E-state index in [1.165, 1.54) is 5.56 Å². The SMILES string of the molecule is O=C(O)c1ccc(-n2nc(-c3ccsc3)c3c2NCC3)cc1. The lowest BCUT2D eigenvalue weighted by Crippen LogP contribution is -2.05. The minimum Gasteiger partial charge on any atom is -0.478 e. The minimum absolute atomic E-state index is 0.276. The maximum Gasteiger partial charge on any atom is 0.335 e. The van der Waals surface area contributed by atoms with Gasteiger partial charge in [-0.05, 0) is 42.1 Å². The fraction of sp³-hybridized carbons (Fsp3) is 0.125. The molecule has 0 saturated heterocycles. The maximum atomic E-state index is 11.0. The van der Waals surface area contributed by atoms with Gasteiger partial charge in [0, 0.05) is 23.1 Å². The fourth-order valence-electron chi connectivity index (χ4n) is 2.74. The van der Waals surface area contributed by atoms with Crippen LogP contribution in [0, 0.1) is 0 Å². The first-order valence-electron chi connectivity index (χ1n) is 6.96. The van der Waals surface area contributed by atoms with Crippen LogP contribution in [0.3, 0.4) is 0 Å². The van der Waals surface area contributed by atoms with E-state index in [0.717, 1.165) is 35.7 Å². The number of aromatic carboxylic acids is 1. The van der Waals surface area contributed by atoms with Gasteiger partial charge in [0.15, 0.2) is 0 Å². The summed E-state index contributed by atoms with van der Waals surface area (Å²) in [4.78, 5) is 11.0. The third kappa shape index (κ3) is 2.00. The van der Waals surface area contributed by atoms with E-state index in [4.69, 9.17) is 10.2 Å². The van der Waals surface area contributed by atoms with Crippen LogP contribution in [0.5, 0.6) is 0 Å². The Morgan fingerprint density at radius 2 is 2.09 bits per heavy atom. The third-order valence-corrected chi connectivity index (χ3v) is 4.49. The zero-order valence-corrected chi connectivity index (χ0v) is 12.4. The third-order valence-electron chi connectivity index (χ3n) is 3.80. The predicted molar refractivity (Wildman–Crippen MR) is 86.0 cm³/mol. The first kappa shape index (κ1) is 13.1. The molecule has 0 saturated carbocycles. The zero-order valence-electron chi connectivity index (χ0n) is 11.6. The molecule has 0 fully saturated rings. The van der Waals surface area contributed by atoms with Crippen molar-refractivity contribution in [2.24, 2.45) is 0 Å². The lowest BCUT2D eigenvalue weighted by Gasteiger charge is -2.06. The summed E-state index contributed by atoms with van der Waals surface area (Å²) >= 11 is 1.66. The van der Waals surface area contributed by atoms with Crippen LogP contribution in [0.15, 0.2) is 41.1 Å². The van der Waals surface area contributed by atoms with Crippen molar-refractivity contribution in [2.45, 2.75) is 6.42 Å². The second-order valence-electron chi connectivity index (χ2n) is 5.13. The summed E-state index contributed by atoms with van der Waals surface area (Å²) in [6, 6.07) is 8.85. The Hall–Kier alpha value is -2.60. The van der Waals surface area contributed by atoms with E-state index in [-0.39, 0.29) is 5.56 Å². The summed E-state index contributed by atoms with van der Waals surface area (Å²) in [6.07, 6.45) is 0.952. The van der Waals surface area contributed by atoms with Gasteiger partial charge in [-0.15, -0.1) is 0 Å². The molecule has 2 aromatic heterocycles. The van der Waals surface area contributed by atoms with E-state index < -0.39 is 5.97 Å². The largest absolute Gasteiger partial charge is 0.478 e. The van der Waals surface area contributed by atoms with Gasteiger partial charge in [0.05, 0.1) is 16.9 Å². The molecule has 0 spiro atoms. The number of fused-ring (bicyclic) bond motifs is 1. The Labute approximate surface area is 130 Å². The molecule has 0 aliphatic carbocycles. The minimum atomic E-state index is -0.922. The average molecular weight is 311 g/mol. The fourth-order valence-corrected chi connectivity index (χ4v) is 3.38. The number of nitrogens with zero attached hydrogens (tertiary/aromatic N) is 2. The number of carboxylic acid groups (broad SMARTS) is 1. The molecular weight excluding hydrogens is 298 g/mol. The number of aromatic nitrogens is 2. The number of nitrogens with one attached hydrogen (secondary N) is 1. The molecule has 0 unspecified atom stereocenters. The molecule has 3 aromatic rings. The maximum absolute atomic E-state index is 11.0. The Bertz CT molecular complexity index is 835. The molecule has 3 heterocycles. The second kappa shape index (κ2) is 4.99. The summed E-state index contributed by atoms with van der Waals surface area (Å²) in [5, 5.41) is 21.2. The highest BCUT2D eigenvalue weighted by molar-refractivity contribution is 7.08. The molecule has 110 valence electrons. The topological polar surface area (TPSA) is 67.1 Å². The van der Waals surface area contributed by atoms with Crippen LogP contribution in [0.1, 0.15) is 15.9 Å². The lowest BCUT2D eigenvalue weighted by molar-refractivity contribution is 0.0697. The Morgan fingerprint density at radius 1 is 1.27 bits per heavy atom. The molecule has 6 heteroatoms. The lowest BCUT2D eigenvalue weighted by atomic mass is 10.1. The first-order valence-corrected chi connectivity index (χ1v) is 7.90. The van der Waals surface area contributed by atoms with E-state index in [1.54, 1.807) is 35.6 Å². The van der Waals surface area contributed by atoms with Crippen molar-refractivity contribution in [1.82, 2.24) is 9.78 Å². The van der Waals surface area contributed by atoms with Gasteiger partial charge in [-0.3, -0.25) is 0 Å². The summed E-state index contributed by atoms with van der Waals surface area (Å²) in [7, 11) is 0. The first-order chi connectivity index (χ1) is 10.7. The number of rotatable bonds is 3. The van der Waals surface area contributed by atoms with E-state index in [1.807, 2.05) is 10.1 Å². The van der Waals surface area contributed by atoms with Crippen LogP contribution < -0.4 is 5.32 Å². The van der Waals surface area contributed by atoms with Gasteiger partial charge in [-0.1, -0.05) is 0 Å². The molecule has 5 nitrogen and oxygen atoms in total. The van der Waals surface area contributed by atoms with Gasteiger partial charge in [-0.2, -0.15) is 16.4 Å². The summed E-state index contributed by atoms with van der Waals surface area (Å²) in [5.41, 5.74) is 4.49. The number of anilines is 1. The van der Waals surface area contributed by atoms with E-state index in [2.05, 4.69) is 16.8 Å². The van der Waals surface area contributed by atoms with Gasteiger partial charge < -0.3 is 10.4 Å². The van der Waals surface area contributed by atoms with Crippen molar-refractivity contribution in [3.05, 3.63) is 52.2 Å². The number of hydrogen-bond acceptors (Lipinski definition) is 4. The predicted octanol–water partition coefficient (Wildman–Crippen LogP) is 3.27. The molecule has 0 amide bonds. The highest BCUT2D eigenvalue weighted by atomic mass is 32.1. The average Bonchev–Trinajstić information content (AvgIpc) is 3.24. The zero-order chi connectivity index (χ0) is 15.1. The highest BCUT2D eigenvalue weighted by Gasteiger charge is 2.24. The molecule has 1 aliphatic rings. The van der Waals surface area contributed by atoms with Crippen molar-refractivity contribution in [1.29, 1.82) is 0 Å². The second-order valence-corrected chi connectivity index (χ2v) is 5.91. The molecule has 1 aromatic carbocycles. The number of benzene rings is 1. The summed E-state index contributed by atoms with van der Waals surface area (Å²) in [6.45, 7) is 0.900. The van der Waals surface area contributed by atoms with Crippen molar-refractivity contribution in [3.63, 3.8) is 0 Å². The Morgan fingerprint density at radius 3 is 2.77 bits per heavy atom. The summed E-state index contributed by atoms with van der Waals surface area (Å²) < 4.78 is 1.86. The number of carboxylic acids is 1. The highest BCUT2D eigenvalue weighted by Crippen LogP contribution is 2.35. The van der Waals surface area contributed by atoms with Crippen molar-refractivity contribution in [2.75, 3.05) is 11.9 Å². The smallest absolute Gasteiger partial charge is 0.335 e. The Kier molecular flexibility index (Phi) is 2.97. The van der Waals surface area contributed by atoms with Gasteiger partial charge in [-0.25, -0.2) is 9.48 Å². The molecule has 0 atom stereocenters. The molecule has 1 aliphatic heterocycles. The van der Waals surface area contributed by atoms with Crippen LogP contribution in [-0.2, 0) is 6.42 Å². The van der Waals surface area contributed by atoms with Gasteiger partial charge in [0.2, 0.25) is 0 Å². The normalized spacial score (nSPS) is 12.9. The quantitative estimate of drug-likeness (QED) is 0.779. The molecule has 4 rings (SSSR count). The molecule has 0 radical (unpaired) electrons. The van der Waals surface area contributed by atoms with Crippen LogP contribution in [-0.4, -0.2) is 27.4 Å². The number of hydrogen-bond donors (Lipinski definition) is 2. The molecule has 22 heavy (non-hydrogen) atoms. The molecular formula is C16H13N3O2S. The van der Waals surface area contributed by atoms with Gasteiger partial charge >= 0.3 is 5.97 Å². The van der Waals surface area contributed by atoms with Crippen molar-refractivity contribution in [3.8, 4) is 16.9 Å². The van der Waals surface area contributed by atoms with Crippen LogP contribution in [0.2, 0.25) is 0 Å². The van der Waals surface area contributed by atoms with E-state index >= 15 is 0 Å². The molecule has 0 bridgehead atoms. The van der Waals surface area contributed by atoms with Crippen LogP contribution in [0.4, 0.5) is 5.82 Å². The Balaban J connectivity index is 1.82. The number of carbonyl (C=O) groups is 1. The van der Waals surface area contributed by atoms with Crippen LogP contribution >= 0.6 is 11.3 Å². The van der Waals surface area contributed by atoms with E-state index in [0.29, 0.717) is 0 Å². The van der Waals surface area contributed by atoms with E-state index in [9.17, 15) is 4.79 Å². The summed E-state index contributed by atoms with van der Waals surface area (Å²) in [5.74, 6) is 0.0820. The standard InChI is InChI=1S/C16H13N3O2S/c20-16(21)10-1-3-12(4-2-10)19-15-13(5-7-17-15)14(18-19)11-6-8-22-9-11/h1-4,6,8-9,17H,5,7H2,(H,20,21). The molecule has 2 N–H and O–H groups in total. The van der Waals surface area contributed by atoms with Gasteiger partial charge in [0.1, 0.15) is 5.82 Å². The number of thiophene rings is 1. The monoisotopic (exact) mass is 311 g/mol. The van der Waals surface area contributed by atoms with Crippen molar-refractivity contribution < 1.29 is 9.90 Å². The van der Waals surface area contributed by atoms with Crippen LogP contribution in [0.25, 0.3) is 16.9 Å². The van der Waals surface area contributed by atoms with Crippen molar-refractivity contribution >= 4 is 23.1 Å².